The molecule has 4 heteroatoms. The van der Waals surface area contributed by atoms with Crippen LogP contribution in [0, 0.1) is 6.92 Å². The van der Waals surface area contributed by atoms with Gasteiger partial charge in [0.25, 0.3) is 0 Å². The highest BCUT2D eigenvalue weighted by Gasteiger charge is 2.32. The second-order valence-electron chi connectivity index (χ2n) is 5.44. The lowest BCUT2D eigenvalue weighted by molar-refractivity contribution is 0.250. The minimum Gasteiger partial charge on any atom is -0.298 e. The Bertz CT molecular complexity index is 626. The average Bonchev–Trinajstić information content (AvgIpc) is 2.63. The monoisotopic (exact) mass is 277 g/mol. The Morgan fingerprint density at radius 3 is 2.58 bits per heavy atom. The molecule has 1 fully saturated rings. The van der Waals surface area contributed by atoms with Crippen LogP contribution in [0.1, 0.15) is 30.4 Å². The van der Waals surface area contributed by atoms with E-state index in [1.807, 2.05) is 31.2 Å². The van der Waals surface area contributed by atoms with Gasteiger partial charge in [0.2, 0.25) is 9.84 Å². The second kappa shape index (κ2) is 4.76. The van der Waals surface area contributed by atoms with Crippen molar-refractivity contribution in [3.8, 4) is 0 Å². The van der Waals surface area contributed by atoms with Crippen molar-refractivity contribution in [2.75, 3.05) is 19.6 Å². The third-order valence-corrected chi connectivity index (χ3v) is 6.03. The summed E-state index contributed by atoms with van der Waals surface area (Å²) in [4.78, 5) is 3.34. The molecule has 0 aliphatic carbocycles. The molecule has 3 nitrogen and oxygen atoms in total. The predicted molar refractivity (Wildman–Crippen MR) is 76.6 cm³/mol. The topological polar surface area (TPSA) is 37.4 Å². The Morgan fingerprint density at radius 1 is 1.16 bits per heavy atom. The number of rotatable bonds is 2. The first-order chi connectivity index (χ1) is 9.09. The molecule has 1 aromatic rings. The molecule has 19 heavy (non-hydrogen) atoms. The highest BCUT2D eigenvalue weighted by Crippen LogP contribution is 2.35. The largest absolute Gasteiger partial charge is 0.298 e. The third kappa shape index (κ3) is 2.23. The van der Waals surface area contributed by atoms with Crippen LogP contribution < -0.4 is 0 Å². The number of fused-ring (bicyclic) bond motifs is 1. The molecule has 2 aliphatic heterocycles. The van der Waals surface area contributed by atoms with E-state index in [1.54, 1.807) is 0 Å². The fourth-order valence-electron chi connectivity index (χ4n) is 3.01. The van der Waals surface area contributed by atoms with Gasteiger partial charge < -0.3 is 0 Å². The van der Waals surface area contributed by atoms with Gasteiger partial charge in [-0.15, -0.1) is 0 Å². The number of nitrogens with zero attached hydrogens (tertiary/aromatic N) is 1. The van der Waals surface area contributed by atoms with Crippen molar-refractivity contribution in [2.24, 2.45) is 0 Å². The van der Waals surface area contributed by atoms with Gasteiger partial charge in [0, 0.05) is 6.54 Å². The number of hydrogen-bond donors (Lipinski definition) is 0. The van der Waals surface area contributed by atoms with Crippen LogP contribution in [0.3, 0.4) is 0 Å². The molecular weight excluding hydrogens is 258 g/mol. The van der Waals surface area contributed by atoms with Crippen LogP contribution in [0.5, 0.6) is 0 Å². The molecule has 1 aromatic carbocycles. The van der Waals surface area contributed by atoms with Gasteiger partial charge in [0.05, 0.1) is 9.80 Å². The zero-order chi connectivity index (χ0) is 13.5. The summed E-state index contributed by atoms with van der Waals surface area (Å²) < 4.78 is 25.2. The number of sulfone groups is 1. The molecule has 0 bridgehead atoms. The molecule has 0 unspecified atom stereocenters. The second-order valence-corrected chi connectivity index (χ2v) is 7.38. The van der Waals surface area contributed by atoms with Gasteiger partial charge in [0.1, 0.15) is 0 Å². The summed E-state index contributed by atoms with van der Waals surface area (Å²) in [6, 6.07) is 5.68. The number of aryl methyl sites for hydroxylation is 1. The number of hydrogen-bond acceptors (Lipinski definition) is 3. The van der Waals surface area contributed by atoms with Crippen molar-refractivity contribution in [1.82, 2.24) is 4.90 Å². The first kappa shape index (κ1) is 12.9. The summed E-state index contributed by atoms with van der Waals surface area (Å²) in [5.41, 5.74) is 1.70. The maximum atomic E-state index is 12.6. The van der Waals surface area contributed by atoms with Crippen LogP contribution in [-0.4, -0.2) is 33.0 Å². The lowest BCUT2D eigenvalue weighted by Gasteiger charge is -2.26. The fraction of sp³-hybridized carbons (Fsp3) is 0.467. The Hall–Kier alpha value is -1.13. The summed E-state index contributed by atoms with van der Waals surface area (Å²) >= 11 is 0. The minimum absolute atomic E-state index is 0.516. The fourth-order valence-corrected chi connectivity index (χ4v) is 4.83. The van der Waals surface area contributed by atoms with E-state index in [9.17, 15) is 8.42 Å². The predicted octanol–water partition coefficient (Wildman–Crippen LogP) is 2.61. The summed E-state index contributed by atoms with van der Waals surface area (Å²) in [7, 11) is -3.26. The highest BCUT2D eigenvalue weighted by atomic mass is 32.2. The molecule has 2 heterocycles. The SMILES string of the molecule is Cc1cccc2c1S(=O)(=O)C(CN1CCCCC1)=C2. The van der Waals surface area contributed by atoms with Gasteiger partial charge >= 0.3 is 0 Å². The van der Waals surface area contributed by atoms with Crippen molar-refractivity contribution >= 4 is 15.9 Å². The van der Waals surface area contributed by atoms with Crippen molar-refractivity contribution in [3.63, 3.8) is 0 Å². The zero-order valence-electron chi connectivity index (χ0n) is 11.2. The summed E-state index contributed by atoms with van der Waals surface area (Å²) in [5, 5.41) is 0. The molecule has 0 amide bonds. The van der Waals surface area contributed by atoms with E-state index >= 15 is 0 Å². The van der Waals surface area contributed by atoms with Crippen LogP contribution in [0.15, 0.2) is 28.0 Å². The molecule has 3 rings (SSSR count). The van der Waals surface area contributed by atoms with Crippen LogP contribution in [0.2, 0.25) is 0 Å². The van der Waals surface area contributed by atoms with Crippen molar-refractivity contribution in [3.05, 3.63) is 34.2 Å². The van der Waals surface area contributed by atoms with Gasteiger partial charge in [0.15, 0.2) is 0 Å². The van der Waals surface area contributed by atoms with Gasteiger partial charge in [-0.1, -0.05) is 24.6 Å². The van der Waals surface area contributed by atoms with Crippen molar-refractivity contribution in [1.29, 1.82) is 0 Å². The minimum atomic E-state index is -3.26. The Kier molecular flexibility index (Phi) is 3.23. The van der Waals surface area contributed by atoms with E-state index in [0.29, 0.717) is 16.3 Å². The Morgan fingerprint density at radius 2 is 1.89 bits per heavy atom. The summed E-state index contributed by atoms with van der Waals surface area (Å²) in [5.74, 6) is 0. The van der Waals surface area contributed by atoms with E-state index in [1.165, 1.54) is 19.3 Å². The summed E-state index contributed by atoms with van der Waals surface area (Å²) in [6.45, 7) is 4.47. The highest BCUT2D eigenvalue weighted by molar-refractivity contribution is 7.96. The molecule has 2 aliphatic rings. The quantitative estimate of drug-likeness (QED) is 0.834. The summed E-state index contributed by atoms with van der Waals surface area (Å²) in [6.07, 6.45) is 5.48. The van der Waals surface area contributed by atoms with Crippen molar-refractivity contribution < 1.29 is 8.42 Å². The van der Waals surface area contributed by atoms with E-state index in [4.69, 9.17) is 0 Å². The standard InChI is InChI=1S/C15H19NO2S/c1-12-6-5-7-13-10-14(19(17,18)15(12)13)11-16-8-3-2-4-9-16/h5-7,10H,2-4,8-9,11H2,1H3. The van der Waals surface area contributed by atoms with E-state index in [0.717, 1.165) is 24.2 Å². The molecule has 0 aromatic heterocycles. The number of benzene rings is 1. The van der Waals surface area contributed by atoms with Gasteiger partial charge in [-0.2, -0.15) is 0 Å². The molecule has 0 saturated carbocycles. The van der Waals surface area contributed by atoms with Gasteiger partial charge in [-0.05, 0) is 50.1 Å². The molecule has 0 atom stereocenters. The number of likely N-dealkylation sites (tertiary alicyclic amines) is 1. The lowest BCUT2D eigenvalue weighted by atomic mass is 10.1. The van der Waals surface area contributed by atoms with E-state index < -0.39 is 9.84 Å². The van der Waals surface area contributed by atoms with Gasteiger partial charge in [-0.3, -0.25) is 4.90 Å². The molecule has 0 spiro atoms. The third-order valence-electron chi connectivity index (χ3n) is 4.00. The zero-order valence-corrected chi connectivity index (χ0v) is 12.0. The van der Waals surface area contributed by atoms with E-state index in [2.05, 4.69) is 4.90 Å². The molecule has 1 saturated heterocycles. The van der Waals surface area contributed by atoms with Gasteiger partial charge in [-0.25, -0.2) is 8.42 Å². The Labute approximate surface area is 114 Å². The maximum Gasteiger partial charge on any atom is 0.204 e. The number of piperidine rings is 1. The normalized spacial score (nSPS) is 22.1. The molecule has 0 radical (unpaired) electrons. The van der Waals surface area contributed by atoms with Crippen LogP contribution in [0.4, 0.5) is 0 Å². The van der Waals surface area contributed by atoms with Crippen LogP contribution >= 0.6 is 0 Å². The average molecular weight is 277 g/mol. The maximum absolute atomic E-state index is 12.6. The molecular formula is C15H19NO2S. The van der Waals surface area contributed by atoms with Crippen LogP contribution in [0.25, 0.3) is 6.08 Å². The van der Waals surface area contributed by atoms with E-state index in [-0.39, 0.29) is 0 Å². The smallest absolute Gasteiger partial charge is 0.204 e. The molecule has 102 valence electrons. The first-order valence-corrected chi connectivity index (χ1v) is 8.35. The first-order valence-electron chi connectivity index (χ1n) is 6.87. The lowest BCUT2D eigenvalue weighted by Crippen LogP contribution is -2.32. The van der Waals surface area contributed by atoms with Crippen LogP contribution in [-0.2, 0) is 9.84 Å². The molecule has 0 N–H and O–H groups in total. The Balaban J connectivity index is 1.91. The van der Waals surface area contributed by atoms with Crippen molar-refractivity contribution in [2.45, 2.75) is 31.1 Å².